The van der Waals surface area contributed by atoms with Crippen LogP contribution in [0.4, 0.5) is 0 Å². The quantitative estimate of drug-likeness (QED) is 0.523. The van der Waals surface area contributed by atoms with Crippen molar-refractivity contribution in [1.29, 1.82) is 0 Å². The van der Waals surface area contributed by atoms with Gasteiger partial charge in [0.25, 0.3) is 0 Å². The number of hydrogen-bond donors (Lipinski definition) is 0. The first-order valence-electron chi connectivity index (χ1n) is 2.35. The Balaban J connectivity index is 2.99. The largest absolute Gasteiger partial charge is 0.257 e. The second-order valence-electron chi connectivity index (χ2n) is 1.40. The lowest BCUT2D eigenvalue weighted by Crippen LogP contribution is -1.73. The number of pyridine rings is 1. The first-order valence-corrected chi connectivity index (χ1v) is 2.35. The van der Waals surface area contributed by atoms with Crippen LogP contribution >= 0.6 is 0 Å². The molecule has 38 valence electrons. The molecule has 1 rings (SSSR count). The third kappa shape index (κ3) is 0.936. The van der Waals surface area contributed by atoms with Crippen molar-refractivity contribution in [2.24, 2.45) is 0 Å². The Labute approximate surface area is 48.7 Å². The molecule has 0 spiro atoms. The molecule has 2 radical (unpaired) electrons. The van der Waals surface area contributed by atoms with Crippen LogP contribution < -0.4 is 0 Å². The standard InChI is InChI=1S/C7H5N/c1-2-7-5-3-4-6-8-7/h2-6H. The van der Waals surface area contributed by atoms with E-state index in [9.17, 15) is 0 Å². The summed E-state index contributed by atoms with van der Waals surface area (Å²) in [7, 11) is 0. The topological polar surface area (TPSA) is 12.9 Å². The summed E-state index contributed by atoms with van der Waals surface area (Å²) < 4.78 is 0. The van der Waals surface area contributed by atoms with Crippen LogP contribution in [-0.4, -0.2) is 4.98 Å². The molecule has 0 unspecified atom stereocenters. The molecule has 0 bridgehead atoms. The van der Waals surface area contributed by atoms with E-state index >= 15 is 0 Å². The number of aromatic nitrogens is 1. The molecule has 0 aliphatic rings. The lowest BCUT2D eigenvalue weighted by molar-refractivity contribution is 1.30. The third-order valence-electron chi connectivity index (χ3n) is 0.836. The van der Waals surface area contributed by atoms with Crippen molar-refractivity contribution in [2.75, 3.05) is 0 Å². The van der Waals surface area contributed by atoms with Gasteiger partial charge >= 0.3 is 0 Å². The molecule has 1 heterocycles. The Morgan fingerprint density at radius 1 is 1.50 bits per heavy atom. The Kier molecular flexibility index (Phi) is 1.42. The van der Waals surface area contributed by atoms with Gasteiger partial charge in [-0.15, -0.1) is 0 Å². The average molecular weight is 103 g/mol. The van der Waals surface area contributed by atoms with Gasteiger partial charge in [-0.25, -0.2) is 0 Å². The molecule has 0 saturated carbocycles. The van der Waals surface area contributed by atoms with E-state index < -0.39 is 0 Å². The molecule has 0 aliphatic carbocycles. The van der Waals surface area contributed by atoms with Gasteiger partial charge in [0.1, 0.15) is 0 Å². The second-order valence-corrected chi connectivity index (χ2v) is 1.40. The summed E-state index contributed by atoms with van der Waals surface area (Å²) in [6.07, 6.45) is 2.89. The maximum absolute atomic E-state index is 6.76. The van der Waals surface area contributed by atoms with Crippen LogP contribution in [0.1, 0.15) is 5.69 Å². The minimum atomic E-state index is 0.701. The molecule has 0 saturated heterocycles. The minimum Gasteiger partial charge on any atom is -0.257 e. The summed E-state index contributed by atoms with van der Waals surface area (Å²) in [6.45, 7) is 6.76. The van der Waals surface area contributed by atoms with Crippen molar-refractivity contribution in [3.63, 3.8) is 0 Å². The zero-order valence-electron chi connectivity index (χ0n) is 4.33. The van der Waals surface area contributed by atoms with Crippen molar-refractivity contribution in [1.82, 2.24) is 4.98 Å². The summed E-state index contributed by atoms with van der Waals surface area (Å²) in [4.78, 5) is 3.85. The van der Waals surface area contributed by atoms with E-state index in [1.54, 1.807) is 12.3 Å². The third-order valence-corrected chi connectivity index (χ3v) is 0.836. The van der Waals surface area contributed by atoms with Gasteiger partial charge in [0, 0.05) is 6.20 Å². The van der Waals surface area contributed by atoms with Crippen molar-refractivity contribution in [3.05, 3.63) is 36.7 Å². The highest BCUT2D eigenvalue weighted by Gasteiger charge is 1.77. The Hall–Kier alpha value is -1.11. The molecule has 1 aromatic rings. The fourth-order valence-electron chi connectivity index (χ4n) is 0.461. The second kappa shape index (κ2) is 2.26. The highest BCUT2D eigenvalue weighted by atomic mass is 14.6. The van der Waals surface area contributed by atoms with Gasteiger partial charge in [0.15, 0.2) is 0 Å². The van der Waals surface area contributed by atoms with Crippen molar-refractivity contribution >= 4 is 6.08 Å². The van der Waals surface area contributed by atoms with Crippen LogP contribution in [0.3, 0.4) is 0 Å². The molecule has 1 nitrogen and oxygen atoms in total. The maximum Gasteiger partial charge on any atom is 0.0636 e. The summed E-state index contributed by atoms with van der Waals surface area (Å²) in [5.74, 6) is 0. The molecule has 0 amide bonds. The highest BCUT2D eigenvalue weighted by Crippen LogP contribution is 1.91. The van der Waals surface area contributed by atoms with Crippen LogP contribution in [0.15, 0.2) is 24.4 Å². The monoisotopic (exact) mass is 103 g/mol. The minimum absolute atomic E-state index is 0.701. The number of hydrogen-bond acceptors (Lipinski definition) is 1. The first-order chi connectivity index (χ1) is 3.93. The molecule has 1 heteroatoms. The summed E-state index contributed by atoms with van der Waals surface area (Å²) in [6, 6.07) is 5.47. The molecule has 0 fully saturated rings. The van der Waals surface area contributed by atoms with Gasteiger partial charge in [-0.3, -0.25) is 4.98 Å². The van der Waals surface area contributed by atoms with E-state index in [0.29, 0.717) is 5.69 Å². The number of rotatable bonds is 1. The van der Waals surface area contributed by atoms with Crippen LogP contribution in [-0.2, 0) is 0 Å². The maximum atomic E-state index is 6.76. The Morgan fingerprint density at radius 2 is 2.38 bits per heavy atom. The SMILES string of the molecule is [C]=Cc1ccccn1. The molecule has 0 N–H and O–H groups in total. The van der Waals surface area contributed by atoms with Crippen molar-refractivity contribution in [3.8, 4) is 0 Å². The van der Waals surface area contributed by atoms with Crippen LogP contribution in [0.5, 0.6) is 0 Å². The van der Waals surface area contributed by atoms with E-state index in [1.165, 1.54) is 6.08 Å². The molecule has 8 heavy (non-hydrogen) atoms. The first kappa shape index (κ1) is 5.04. The predicted octanol–water partition coefficient (Wildman–Crippen LogP) is 1.40. The van der Waals surface area contributed by atoms with E-state index in [2.05, 4.69) is 4.98 Å². The predicted molar refractivity (Wildman–Crippen MR) is 31.9 cm³/mol. The van der Waals surface area contributed by atoms with Crippen molar-refractivity contribution < 1.29 is 0 Å². The Morgan fingerprint density at radius 3 is 2.75 bits per heavy atom. The molecule has 0 aromatic carbocycles. The van der Waals surface area contributed by atoms with Gasteiger partial charge in [-0.1, -0.05) is 6.07 Å². The van der Waals surface area contributed by atoms with Gasteiger partial charge in [-0.05, 0) is 24.8 Å². The highest BCUT2D eigenvalue weighted by molar-refractivity contribution is 5.38. The zero-order chi connectivity index (χ0) is 5.82. The van der Waals surface area contributed by atoms with E-state index in [-0.39, 0.29) is 0 Å². The van der Waals surface area contributed by atoms with Gasteiger partial charge in [0.05, 0.1) is 5.69 Å². The van der Waals surface area contributed by atoms with Crippen LogP contribution in [0, 0.1) is 6.58 Å². The molecular weight excluding hydrogens is 98.1 g/mol. The molecular formula is C7H5N. The van der Waals surface area contributed by atoms with Crippen LogP contribution in [0.25, 0.3) is 6.08 Å². The Bertz CT molecular complexity index is 167. The fourth-order valence-corrected chi connectivity index (χ4v) is 0.461. The van der Waals surface area contributed by atoms with Gasteiger partial charge in [0.2, 0.25) is 0 Å². The lowest BCUT2D eigenvalue weighted by atomic mass is 10.4. The van der Waals surface area contributed by atoms with E-state index in [4.69, 9.17) is 6.58 Å². The van der Waals surface area contributed by atoms with Gasteiger partial charge in [-0.2, -0.15) is 0 Å². The number of nitrogens with zero attached hydrogens (tertiary/aromatic N) is 1. The summed E-state index contributed by atoms with van der Waals surface area (Å²) in [5, 5.41) is 0. The summed E-state index contributed by atoms with van der Waals surface area (Å²) >= 11 is 0. The molecule has 0 atom stereocenters. The van der Waals surface area contributed by atoms with E-state index in [1.807, 2.05) is 12.1 Å². The van der Waals surface area contributed by atoms with E-state index in [0.717, 1.165) is 0 Å². The smallest absolute Gasteiger partial charge is 0.0636 e. The summed E-state index contributed by atoms with van der Waals surface area (Å²) in [5.41, 5.74) is 0.701. The average Bonchev–Trinajstić information content (AvgIpc) is 1.90. The van der Waals surface area contributed by atoms with Gasteiger partial charge < -0.3 is 0 Å². The van der Waals surface area contributed by atoms with Crippen LogP contribution in [0.2, 0.25) is 0 Å². The molecule has 1 aromatic heterocycles. The molecule has 0 aliphatic heterocycles. The van der Waals surface area contributed by atoms with Crippen molar-refractivity contribution in [2.45, 2.75) is 0 Å². The fraction of sp³-hybridized carbons (Fsp3) is 0. The lowest BCUT2D eigenvalue weighted by Gasteiger charge is -1.84. The normalized spacial score (nSPS) is 8.50. The zero-order valence-corrected chi connectivity index (χ0v) is 4.33.